The molecule has 0 fully saturated rings. The van der Waals surface area contributed by atoms with E-state index in [0.717, 1.165) is 0 Å². The Balaban J connectivity index is 2.95. The molecule has 1 aromatic heterocycles. The van der Waals surface area contributed by atoms with Crippen molar-refractivity contribution in [1.82, 2.24) is 9.97 Å². The smallest absolute Gasteiger partial charge is 0.214 e. The van der Waals surface area contributed by atoms with Gasteiger partial charge in [0.25, 0.3) is 0 Å². The first-order valence-corrected chi connectivity index (χ1v) is 3.39. The minimum Gasteiger partial charge on any atom is -0.290 e. The highest BCUT2D eigenvalue weighted by Gasteiger charge is 2.19. The van der Waals surface area contributed by atoms with Gasteiger partial charge in [0.15, 0.2) is 5.92 Å². The van der Waals surface area contributed by atoms with Gasteiger partial charge in [-0.3, -0.25) is 9.78 Å². The van der Waals surface area contributed by atoms with E-state index in [1.54, 1.807) is 12.1 Å². The Bertz CT molecular complexity index is 373. The van der Waals surface area contributed by atoms with Crippen molar-refractivity contribution in [2.24, 2.45) is 5.92 Å². The van der Waals surface area contributed by atoms with Crippen LogP contribution < -0.4 is 0 Å². The summed E-state index contributed by atoms with van der Waals surface area (Å²) < 4.78 is 0. The molecule has 1 rings (SSSR count). The summed E-state index contributed by atoms with van der Waals surface area (Å²) in [7, 11) is 0. The molecule has 13 heavy (non-hydrogen) atoms. The molecule has 0 aliphatic carbocycles. The average Bonchev–Trinajstić information content (AvgIpc) is 2.21. The Morgan fingerprint density at radius 2 is 2.08 bits per heavy atom. The number of nitriles is 2. The third kappa shape index (κ3) is 1.85. The third-order valence-electron chi connectivity index (χ3n) is 1.34. The van der Waals surface area contributed by atoms with Gasteiger partial charge in [0.05, 0.1) is 18.3 Å². The van der Waals surface area contributed by atoms with E-state index >= 15 is 0 Å². The minimum absolute atomic E-state index is 0.0376. The van der Waals surface area contributed by atoms with Crippen LogP contribution in [0.5, 0.6) is 0 Å². The molecule has 1 heterocycles. The maximum absolute atomic E-state index is 11.3. The van der Waals surface area contributed by atoms with Crippen molar-refractivity contribution in [2.45, 2.75) is 0 Å². The number of ketones is 1. The number of hydrogen-bond donors (Lipinski definition) is 0. The lowest BCUT2D eigenvalue weighted by molar-refractivity contribution is 0.0965. The quantitative estimate of drug-likeness (QED) is 0.599. The molecular formula is C8H4N4O. The van der Waals surface area contributed by atoms with Gasteiger partial charge in [-0.05, 0) is 0 Å². The molecule has 0 aromatic carbocycles. The first-order chi connectivity index (χ1) is 6.29. The molecule has 0 spiro atoms. The maximum Gasteiger partial charge on any atom is 0.214 e. The van der Waals surface area contributed by atoms with Gasteiger partial charge in [-0.1, -0.05) is 0 Å². The summed E-state index contributed by atoms with van der Waals surface area (Å²) >= 11 is 0. The van der Waals surface area contributed by atoms with Gasteiger partial charge in [0.2, 0.25) is 5.78 Å². The number of aromatic nitrogens is 2. The van der Waals surface area contributed by atoms with E-state index in [2.05, 4.69) is 9.97 Å². The molecule has 0 aliphatic heterocycles. The predicted molar refractivity (Wildman–Crippen MR) is 41.1 cm³/mol. The van der Waals surface area contributed by atoms with E-state index in [4.69, 9.17) is 10.5 Å². The SMILES string of the molecule is N#CC(C#N)C(=O)c1cnccn1. The van der Waals surface area contributed by atoms with Gasteiger partial charge >= 0.3 is 0 Å². The van der Waals surface area contributed by atoms with Crippen molar-refractivity contribution in [1.29, 1.82) is 10.5 Å². The Labute approximate surface area is 74.3 Å². The predicted octanol–water partition coefficient (Wildman–Crippen LogP) is 0.323. The van der Waals surface area contributed by atoms with Crippen LogP contribution in [0.15, 0.2) is 18.6 Å². The van der Waals surface area contributed by atoms with E-state index in [9.17, 15) is 4.79 Å². The molecule has 0 amide bonds. The Morgan fingerprint density at radius 1 is 1.38 bits per heavy atom. The summed E-state index contributed by atoms with van der Waals surface area (Å²) in [6.45, 7) is 0. The van der Waals surface area contributed by atoms with Crippen molar-refractivity contribution in [3.8, 4) is 12.1 Å². The van der Waals surface area contributed by atoms with Crippen LogP contribution in [0.1, 0.15) is 10.5 Å². The number of rotatable bonds is 2. The van der Waals surface area contributed by atoms with E-state index in [0.29, 0.717) is 0 Å². The normalized spacial score (nSPS) is 8.85. The fourth-order valence-corrected chi connectivity index (χ4v) is 0.720. The summed E-state index contributed by atoms with van der Waals surface area (Å²) in [6.07, 6.45) is 3.97. The van der Waals surface area contributed by atoms with Crippen LogP contribution in [0.2, 0.25) is 0 Å². The summed E-state index contributed by atoms with van der Waals surface area (Å²) in [5.74, 6) is -1.91. The molecule has 0 unspecified atom stereocenters. The Hall–Kier alpha value is -2.27. The summed E-state index contributed by atoms with van der Waals surface area (Å²) in [5, 5.41) is 16.8. The van der Waals surface area contributed by atoms with Crippen LogP contribution in [0.4, 0.5) is 0 Å². The second-order valence-corrected chi connectivity index (χ2v) is 2.15. The molecule has 62 valence electrons. The number of Topliss-reactive ketones (excluding diaryl/α,β-unsaturated/α-hetero) is 1. The standard InChI is InChI=1S/C8H4N4O/c9-3-6(4-10)8(13)7-5-11-1-2-12-7/h1-2,5-6H. The molecule has 0 N–H and O–H groups in total. The highest BCUT2D eigenvalue weighted by molar-refractivity contribution is 5.99. The molecule has 5 nitrogen and oxygen atoms in total. The topological polar surface area (TPSA) is 90.4 Å². The molecule has 0 saturated heterocycles. The van der Waals surface area contributed by atoms with Crippen LogP contribution in [-0.4, -0.2) is 15.8 Å². The van der Waals surface area contributed by atoms with E-state index < -0.39 is 11.7 Å². The van der Waals surface area contributed by atoms with Gasteiger partial charge in [0.1, 0.15) is 5.69 Å². The molecule has 0 radical (unpaired) electrons. The van der Waals surface area contributed by atoms with Crippen molar-refractivity contribution in [3.63, 3.8) is 0 Å². The fourth-order valence-electron chi connectivity index (χ4n) is 0.720. The number of carbonyl (C=O) groups excluding carboxylic acids is 1. The third-order valence-corrected chi connectivity index (χ3v) is 1.34. The fraction of sp³-hybridized carbons (Fsp3) is 0.125. The monoisotopic (exact) mass is 172 g/mol. The molecule has 0 aliphatic rings. The first kappa shape index (κ1) is 8.82. The van der Waals surface area contributed by atoms with Crippen molar-refractivity contribution in [2.75, 3.05) is 0 Å². The lowest BCUT2D eigenvalue weighted by Crippen LogP contribution is -2.12. The number of nitrogens with zero attached hydrogens (tertiary/aromatic N) is 4. The van der Waals surface area contributed by atoms with Crippen LogP contribution in [0, 0.1) is 28.6 Å². The van der Waals surface area contributed by atoms with Gasteiger partial charge < -0.3 is 0 Å². The van der Waals surface area contributed by atoms with E-state index in [-0.39, 0.29) is 5.69 Å². The second kappa shape index (κ2) is 3.93. The average molecular weight is 172 g/mol. The van der Waals surface area contributed by atoms with Crippen molar-refractivity contribution in [3.05, 3.63) is 24.3 Å². The number of hydrogen-bond acceptors (Lipinski definition) is 5. The van der Waals surface area contributed by atoms with Crippen LogP contribution in [0.25, 0.3) is 0 Å². The molecule has 0 bridgehead atoms. The van der Waals surface area contributed by atoms with Crippen molar-refractivity contribution < 1.29 is 4.79 Å². The Morgan fingerprint density at radius 3 is 2.54 bits per heavy atom. The summed E-state index contributed by atoms with van der Waals surface area (Å²) in [4.78, 5) is 18.6. The minimum atomic E-state index is -1.29. The van der Waals surface area contributed by atoms with Crippen LogP contribution >= 0.6 is 0 Å². The Kier molecular flexibility index (Phi) is 2.67. The zero-order valence-corrected chi connectivity index (χ0v) is 6.51. The molecule has 0 saturated carbocycles. The van der Waals surface area contributed by atoms with Crippen LogP contribution in [-0.2, 0) is 0 Å². The lowest BCUT2D eigenvalue weighted by atomic mass is 10.1. The summed E-state index contributed by atoms with van der Waals surface area (Å²) in [6, 6.07) is 3.14. The molecule has 5 heteroatoms. The van der Waals surface area contributed by atoms with E-state index in [1.165, 1.54) is 18.6 Å². The zero-order chi connectivity index (χ0) is 9.68. The highest BCUT2D eigenvalue weighted by Crippen LogP contribution is 2.02. The highest BCUT2D eigenvalue weighted by atomic mass is 16.1. The first-order valence-electron chi connectivity index (χ1n) is 3.39. The zero-order valence-electron chi connectivity index (χ0n) is 6.51. The number of carbonyl (C=O) groups is 1. The molecule has 1 aromatic rings. The molecule has 0 atom stereocenters. The second-order valence-electron chi connectivity index (χ2n) is 2.15. The van der Waals surface area contributed by atoms with Gasteiger partial charge in [-0.2, -0.15) is 10.5 Å². The van der Waals surface area contributed by atoms with E-state index in [1.807, 2.05) is 0 Å². The maximum atomic E-state index is 11.3. The molecular weight excluding hydrogens is 168 g/mol. The van der Waals surface area contributed by atoms with Crippen molar-refractivity contribution >= 4 is 5.78 Å². The van der Waals surface area contributed by atoms with Crippen LogP contribution in [0.3, 0.4) is 0 Å². The van der Waals surface area contributed by atoms with Gasteiger partial charge in [-0.15, -0.1) is 0 Å². The largest absolute Gasteiger partial charge is 0.290 e. The van der Waals surface area contributed by atoms with Gasteiger partial charge in [-0.25, -0.2) is 4.98 Å². The van der Waals surface area contributed by atoms with Gasteiger partial charge in [0, 0.05) is 12.4 Å². The lowest BCUT2D eigenvalue weighted by Gasteiger charge is -1.96. The summed E-state index contributed by atoms with van der Waals surface area (Å²) in [5.41, 5.74) is 0.0376.